The summed E-state index contributed by atoms with van der Waals surface area (Å²) in [5, 5.41) is 7.19. The van der Waals surface area contributed by atoms with Crippen LogP contribution in [-0.2, 0) is 14.3 Å². The molecule has 0 spiro atoms. The molecule has 0 aliphatic rings. The van der Waals surface area contributed by atoms with E-state index in [-0.39, 0.29) is 23.1 Å². The molecule has 2 aromatic carbocycles. The van der Waals surface area contributed by atoms with Gasteiger partial charge in [-0.2, -0.15) is 5.10 Å². The molecule has 0 aliphatic heterocycles. The lowest BCUT2D eigenvalue weighted by Gasteiger charge is -2.20. The number of hydrazone groups is 1. The van der Waals surface area contributed by atoms with E-state index in [1.54, 1.807) is 44.2 Å². The minimum atomic E-state index is -0.846. The van der Waals surface area contributed by atoms with Crippen LogP contribution in [0.1, 0.15) is 29.8 Å². The van der Waals surface area contributed by atoms with E-state index in [1.807, 2.05) is 0 Å². The summed E-state index contributed by atoms with van der Waals surface area (Å²) in [4.78, 5) is 36.3. The number of methoxy groups -OCH3 is 1. The van der Waals surface area contributed by atoms with Crippen molar-refractivity contribution in [2.75, 3.05) is 13.7 Å². The number of halogens is 2. The SMILES string of the molecule is COC(=O)COc1cccc(C=NNC(=O)C(NC(=O)c2ccc(Cl)cc2Cl)C(C)C)c1. The zero-order chi connectivity index (χ0) is 23.7. The molecule has 0 fully saturated rings. The summed E-state index contributed by atoms with van der Waals surface area (Å²) >= 11 is 11.9. The number of nitrogens with zero attached hydrogens (tertiary/aromatic N) is 1. The van der Waals surface area contributed by atoms with Crippen LogP contribution < -0.4 is 15.5 Å². The first-order chi connectivity index (χ1) is 15.2. The Bertz CT molecular complexity index is 1010. The standard InChI is InChI=1S/C22H23Cl2N3O5/c1-13(2)20(26-21(29)17-8-7-15(23)10-18(17)24)22(30)27-25-11-14-5-4-6-16(9-14)32-12-19(28)31-3/h4-11,13,20H,12H2,1-3H3,(H,26,29)(H,27,30). The number of rotatable bonds is 9. The summed E-state index contributed by atoms with van der Waals surface area (Å²) in [6.45, 7) is 3.36. The van der Waals surface area contributed by atoms with Gasteiger partial charge in [-0.15, -0.1) is 0 Å². The van der Waals surface area contributed by atoms with E-state index in [4.69, 9.17) is 27.9 Å². The van der Waals surface area contributed by atoms with E-state index in [9.17, 15) is 14.4 Å². The Morgan fingerprint density at radius 3 is 2.53 bits per heavy atom. The summed E-state index contributed by atoms with van der Waals surface area (Å²) in [5.74, 6) is -1.26. The number of ether oxygens (including phenoxy) is 2. The molecule has 2 amide bonds. The first kappa shape index (κ1) is 25.2. The van der Waals surface area contributed by atoms with E-state index < -0.39 is 23.8 Å². The quantitative estimate of drug-likeness (QED) is 0.325. The van der Waals surface area contributed by atoms with Crippen LogP contribution in [0.25, 0.3) is 0 Å². The molecule has 1 atom stereocenters. The lowest BCUT2D eigenvalue weighted by atomic mass is 10.0. The van der Waals surface area contributed by atoms with Crippen LogP contribution in [0.2, 0.25) is 10.0 Å². The summed E-state index contributed by atoms with van der Waals surface area (Å²) in [6.07, 6.45) is 1.41. The number of hydrogen-bond donors (Lipinski definition) is 2. The van der Waals surface area contributed by atoms with Crippen molar-refractivity contribution in [3.8, 4) is 5.75 Å². The van der Waals surface area contributed by atoms with Crippen LogP contribution in [0.3, 0.4) is 0 Å². The minimum absolute atomic E-state index is 0.185. The summed E-state index contributed by atoms with van der Waals surface area (Å²) in [5.41, 5.74) is 3.26. The number of amides is 2. The third kappa shape index (κ3) is 7.55. The second kappa shape index (κ2) is 12.1. The van der Waals surface area contributed by atoms with E-state index in [1.165, 1.54) is 25.5 Å². The monoisotopic (exact) mass is 479 g/mol. The Labute approximate surface area is 195 Å². The average molecular weight is 480 g/mol. The lowest BCUT2D eigenvalue weighted by Crippen LogP contribution is -2.48. The summed E-state index contributed by atoms with van der Waals surface area (Å²) < 4.78 is 9.83. The maximum atomic E-state index is 12.6. The van der Waals surface area contributed by atoms with Crippen molar-refractivity contribution >= 4 is 47.2 Å². The van der Waals surface area contributed by atoms with Gasteiger partial charge in [0.15, 0.2) is 6.61 Å². The summed E-state index contributed by atoms with van der Waals surface area (Å²) in [7, 11) is 1.27. The third-order valence-corrected chi connectivity index (χ3v) is 4.79. The fourth-order valence-corrected chi connectivity index (χ4v) is 3.05. The molecule has 2 aromatic rings. The predicted molar refractivity (Wildman–Crippen MR) is 122 cm³/mol. The Balaban J connectivity index is 2.00. The van der Waals surface area contributed by atoms with Gasteiger partial charge in [-0.05, 0) is 41.8 Å². The van der Waals surface area contributed by atoms with E-state index >= 15 is 0 Å². The first-order valence-electron chi connectivity index (χ1n) is 9.59. The largest absolute Gasteiger partial charge is 0.482 e. The normalized spacial score (nSPS) is 11.8. The summed E-state index contributed by atoms with van der Waals surface area (Å²) in [6, 6.07) is 10.4. The van der Waals surface area contributed by atoms with Crippen LogP contribution in [0, 0.1) is 5.92 Å². The molecule has 170 valence electrons. The van der Waals surface area contributed by atoms with Gasteiger partial charge in [-0.3, -0.25) is 9.59 Å². The fraction of sp³-hybridized carbons (Fsp3) is 0.273. The Kier molecular flexibility index (Phi) is 9.49. The average Bonchev–Trinajstić information content (AvgIpc) is 2.75. The van der Waals surface area contributed by atoms with Crippen molar-refractivity contribution in [1.82, 2.24) is 10.7 Å². The van der Waals surface area contributed by atoms with Crippen molar-refractivity contribution in [3.05, 3.63) is 63.6 Å². The Hall–Kier alpha value is -3.10. The van der Waals surface area contributed by atoms with Crippen LogP contribution in [0.15, 0.2) is 47.6 Å². The molecule has 0 aromatic heterocycles. The number of carbonyl (C=O) groups excluding carboxylic acids is 3. The lowest BCUT2D eigenvalue weighted by molar-refractivity contribution is -0.142. The smallest absolute Gasteiger partial charge is 0.343 e. The molecule has 0 radical (unpaired) electrons. The molecule has 0 bridgehead atoms. The second-order valence-electron chi connectivity index (χ2n) is 6.99. The Morgan fingerprint density at radius 2 is 1.88 bits per heavy atom. The van der Waals surface area contributed by atoms with Crippen molar-refractivity contribution < 1.29 is 23.9 Å². The maximum Gasteiger partial charge on any atom is 0.343 e. The van der Waals surface area contributed by atoms with Gasteiger partial charge in [0.25, 0.3) is 11.8 Å². The van der Waals surface area contributed by atoms with Gasteiger partial charge in [-0.1, -0.05) is 49.2 Å². The predicted octanol–water partition coefficient (Wildman–Crippen LogP) is 3.45. The second-order valence-corrected chi connectivity index (χ2v) is 7.83. The van der Waals surface area contributed by atoms with Crippen molar-refractivity contribution in [2.45, 2.75) is 19.9 Å². The van der Waals surface area contributed by atoms with Crippen LogP contribution in [0.5, 0.6) is 5.75 Å². The highest BCUT2D eigenvalue weighted by molar-refractivity contribution is 6.36. The van der Waals surface area contributed by atoms with Gasteiger partial charge in [0.2, 0.25) is 0 Å². The molecular formula is C22H23Cl2N3O5. The molecule has 0 saturated carbocycles. The highest BCUT2D eigenvalue weighted by Gasteiger charge is 2.25. The van der Waals surface area contributed by atoms with Gasteiger partial charge in [-0.25, -0.2) is 10.2 Å². The molecule has 2 rings (SSSR count). The van der Waals surface area contributed by atoms with Crippen molar-refractivity contribution in [2.24, 2.45) is 11.0 Å². The highest BCUT2D eigenvalue weighted by atomic mass is 35.5. The minimum Gasteiger partial charge on any atom is -0.482 e. The number of benzene rings is 2. The first-order valence-corrected chi connectivity index (χ1v) is 10.4. The van der Waals surface area contributed by atoms with Gasteiger partial charge >= 0.3 is 5.97 Å². The van der Waals surface area contributed by atoms with E-state index in [0.29, 0.717) is 16.3 Å². The van der Waals surface area contributed by atoms with Crippen molar-refractivity contribution in [3.63, 3.8) is 0 Å². The molecular weight excluding hydrogens is 457 g/mol. The molecule has 8 nitrogen and oxygen atoms in total. The van der Waals surface area contributed by atoms with Gasteiger partial charge in [0, 0.05) is 5.02 Å². The molecule has 2 N–H and O–H groups in total. The van der Waals surface area contributed by atoms with Crippen molar-refractivity contribution in [1.29, 1.82) is 0 Å². The Morgan fingerprint density at radius 1 is 1.12 bits per heavy atom. The topological polar surface area (TPSA) is 106 Å². The van der Waals surface area contributed by atoms with Crippen LogP contribution >= 0.6 is 23.2 Å². The third-order valence-electron chi connectivity index (χ3n) is 4.24. The van der Waals surface area contributed by atoms with E-state index in [0.717, 1.165) is 0 Å². The fourth-order valence-electron chi connectivity index (χ4n) is 2.55. The number of nitrogens with one attached hydrogen (secondary N) is 2. The molecule has 1 unspecified atom stereocenters. The number of hydrogen-bond acceptors (Lipinski definition) is 6. The van der Waals surface area contributed by atoms with E-state index in [2.05, 4.69) is 20.6 Å². The van der Waals surface area contributed by atoms with Crippen LogP contribution in [-0.4, -0.2) is 43.8 Å². The van der Waals surface area contributed by atoms with Gasteiger partial charge in [0.1, 0.15) is 11.8 Å². The molecule has 0 aliphatic carbocycles. The zero-order valence-corrected chi connectivity index (χ0v) is 19.2. The van der Waals surface area contributed by atoms with Crippen LogP contribution in [0.4, 0.5) is 0 Å². The zero-order valence-electron chi connectivity index (χ0n) is 17.7. The maximum absolute atomic E-state index is 12.6. The molecule has 0 saturated heterocycles. The van der Waals surface area contributed by atoms with Gasteiger partial charge < -0.3 is 14.8 Å². The highest BCUT2D eigenvalue weighted by Crippen LogP contribution is 2.21. The number of carbonyl (C=O) groups is 3. The molecule has 0 heterocycles. The molecule has 10 heteroatoms. The van der Waals surface area contributed by atoms with Gasteiger partial charge in [0.05, 0.1) is 23.9 Å². The molecule has 32 heavy (non-hydrogen) atoms. The number of esters is 1.